The largest absolute Gasteiger partial charge is 0.474 e. The monoisotopic (exact) mass is 1490 g/mol. The minimum Gasteiger partial charge on any atom is -0.474 e. The number of aliphatic hydroxyl groups is 11. The van der Waals surface area contributed by atoms with Crippen LogP contribution in [0, 0.1) is 15.6 Å². The molecule has 6 saturated heterocycles. The highest BCUT2D eigenvalue weighted by Crippen LogP contribution is 2.38. The molecule has 51 nitrogen and oxygen atoms in total. The van der Waals surface area contributed by atoms with Crippen molar-refractivity contribution in [1.82, 2.24) is 62.7 Å². The van der Waals surface area contributed by atoms with Crippen molar-refractivity contribution < 1.29 is 99.0 Å². The maximum absolute atomic E-state index is 11.9. The van der Waals surface area contributed by atoms with Crippen LogP contribution in [0.3, 0.4) is 0 Å². The SMILES string of the molecule is N=Nc1c2n(c(=O)[nH]c1=O)[C@@H]1O[C@H](CO2)CC1O.Nc1cn([C@@H]2O[C@H](CO)CC2O)c(=O)[nH]c1=O.O=CNc1cn([C@@H]2O[C@H](CO)CC2O)nn1.O=c1[nH]c(=O)n([C@@H]2O[C@H](CO)CC2O)c2c1CN=N2.O=c1[nH]c(=O)n([C@@H]2O[C@H](CO)CC2O)cc1[N+](=O)[O-].O=c1ccn([C@@H]2O[C@H](CO)CC2O)c(=O)[nH]1. The van der Waals surface area contributed by atoms with E-state index >= 15 is 0 Å². The lowest BCUT2D eigenvalue weighted by Gasteiger charge is -2.19. The number of anilines is 2. The summed E-state index contributed by atoms with van der Waals surface area (Å²) in [5.41, 5.74) is 3.91. The van der Waals surface area contributed by atoms with Crippen LogP contribution in [0.5, 0.6) is 5.88 Å². The third-order valence-corrected chi connectivity index (χ3v) is 16.5. The third-order valence-electron chi connectivity index (χ3n) is 16.5. The number of aliphatic hydroxyl groups excluding tert-OH is 11. The fourth-order valence-corrected chi connectivity index (χ4v) is 11.6. The van der Waals surface area contributed by atoms with Crippen LogP contribution in [0.4, 0.5) is 28.7 Å². The van der Waals surface area contributed by atoms with Gasteiger partial charge in [-0.3, -0.25) is 77.5 Å². The molecule has 2 bridgehead atoms. The van der Waals surface area contributed by atoms with E-state index in [0.29, 0.717) is 19.3 Å². The maximum Gasteiger partial charge on any atom is 0.350 e. The molecule has 18 atom stereocenters. The smallest absolute Gasteiger partial charge is 0.350 e. The molecule has 6 aromatic heterocycles. The van der Waals surface area contributed by atoms with Crippen molar-refractivity contribution in [2.45, 2.75) is 156 Å². The maximum atomic E-state index is 11.9. The Morgan fingerprint density at radius 2 is 1.04 bits per heavy atom. The molecule has 0 aromatic carbocycles. The average Bonchev–Trinajstić information content (AvgIpc) is 1.68. The van der Waals surface area contributed by atoms with Gasteiger partial charge < -0.3 is 100 Å². The van der Waals surface area contributed by atoms with E-state index in [4.69, 9.17) is 70.0 Å². The quantitative estimate of drug-likeness (QED) is 0.0208. The first-order valence-corrected chi connectivity index (χ1v) is 31.3. The van der Waals surface area contributed by atoms with Gasteiger partial charge in [-0.05, 0) is 0 Å². The number of H-pyrrole nitrogens is 5. The molecule has 6 fully saturated rings. The predicted octanol–water partition coefficient (Wildman–Crippen LogP) is -9.48. The molecule has 0 radical (unpaired) electrons. The Labute approximate surface area is 579 Å². The number of amides is 1. The van der Waals surface area contributed by atoms with Crippen LogP contribution in [-0.2, 0) is 39.8 Å². The zero-order chi connectivity index (χ0) is 76.4. The lowest BCUT2D eigenvalue weighted by atomic mass is 10.2. The van der Waals surface area contributed by atoms with E-state index in [-0.39, 0.29) is 112 Å². The molecule has 0 spiro atoms. The molecule has 14 rings (SSSR count). The second-order valence-corrected chi connectivity index (χ2v) is 23.7. The van der Waals surface area contributed by atoms with Crippen LogP contribution in [0.15, 0.2) is 94.1 Å². The van der Waals surface area contributed by atoms with Crippen LogP contribution in [-0.4, -0.2) is 243 Å². The van der Waals surface area contributed by atoms with Gasteiger partial charge >= 0.3 is 39.7 Å². The number of rotatable bonds is 14. The summed E-state index contributed by atoms with van der Waals surface area (Å²) in [6.45, 7) is -1.03. The zero-order valence-corrected chi connectivity index (χ0v) is 54.1. The number of azo groups is 1. The van der Waals surface area contributed by atoms with Crippen LogP contribution in [0.2, 0.25) is 0 Å². The number of hydrogen-bond acceptors (Lipinski definition) is 38. The van der Waals surface area contributed by atoms with Crippen molar-refractivity contribution in [3.63, 3.8) is 0 Å². The van der Waals surface area contributed by atoms with E-state index in [0.717, 1.165) is 35.2 Å². The molecule has 0 saturated carbocycles. The minimum atomic E-state index is -1.18. The normalized spacial score (nSPS) is 28.6. The Bertz CT molecular complexity index is 4750. The van der Waals surface area contributed by atoms with Gasteiger partial charge in [-0.25, -0.2) is 43.3 Å². The van der Waals surface area contributed by atoms with Crippen molar-refractivity contribution in [3.8, 4) is 5.88 Å². The molecule has 105 heavy (non-hydrogen) atoms. The number of nitrogens with zero attached hydrogens (tertiary/aromatic N) is 12. The van der Waals surface area contributed by atoms with Gasteiger partial charge in [0.05, 0.1) is 99.1 Å². The number of nitrogens with one attached hydrogen (secondary N) is 7. The molecule has 8 aliphatic rings. The Kier molecular flexibility index (Phi) is 25.8. The highest BCUT2D eigenvalue weighted by Gasteiger charge is 2.44. The molecule has 14 heterocycles. The van der Waals surface area contributed by atoms with Gasteiger partial charge in [0.25, 0.3) is 22.2 Å². The van der Waals surface area contributed by atoms with Crippen LogP contribution in [0.25, 0.3) is 0 Å². The number of carbonyl (C=O) groups is 1. The second kappa shape index (κ2) is 34.4. The number of ether oxygens (including phenoxy) is 7. The van der Waals surface area contributed by atoms with Gasteiger partial charge in [-0.2, -0.15) is 5.11 Å². The first kappa shape index (κ1) is 78.7. The summed E-state index contributed by atoms with van der Waals surface area (Å²) >= 11 is 0. The molecule has 1 amide bonds. The molecule has 0 aliphatic carbocycles. The van der Waals surface area contributed by atoms with Gasteiger partial charge in [0, 0.05) is 57.0 Å². The summed E-state index contributed by atoms with van der Waals surface area (Å²) in [5, 5.41) is 134. The molecule has 6 unspecified atom stereocenters. The predicted molar refractivity (Wildman–Crippen MR) is 339 cm³/mol. The summed E-state index contributed by atoms with van der Waals surface area (Å²) in [5.74, 6) is 0.250. The Balaban J connectivity index is 0.000000146. The van der Waals surface area contributed by atoms with Crippen LogP contribution >= 0.6 is 0 Å². The van der Waals surface area contributed by atoms with Crippen molar-refractivity contribution >= 4 is 35.1 Å². The van der Waals surface area contributed by atoms with Gasteiger partial charge in [0.2, 0.25) is 18.0 Å². The standard InChI is InChI=1S/C10H12N4O5.C9H10N4O5.C9H11N3O7.C9H13N3O5.C9H12N2O5.C8H12N4O4/c15-3-4-1-6(16)9(19-4)14-7-5(2-11-13-7)8(17)12-10(14)18;10-12-5-6(15)11-9(16)13-7-4(14)1-3(18-7)2-17-8(5)13;13-3-4-1-6(14)8(19-4)11-2-5(12(17)18)7(15)10-9(11)16;10-5-2-12(9(16)11-7(5)15)8-6(14)1-4(3-13)17-8;12-4-5-3-6(13)8(16-5)11-2-1-7(14)10-9(11)15;13-3-5-1-6(15)8(16-5)12-2-7(9-4-14)10-11-12/h4,6,9,15-16H,1-3H2,(H,12,17,18);3-4,7,10,14H,1-2H2,(H,11,15,16);2,4,6,8,13-14H,1,3H2,(H,10,15,16);2,4,6,8,13-14H,1,3,10H2,(H,11,15,16);1-2,5-6,8,12-13H,3-4H2,(H,10,14,15);2,4-6,8,13,15H,1,3H2,(H,9,14)/t4-,6?,9+;3-,4?,7+;2*4-,6?,8+;2*5-,6?,8+/m000000/s1. The van der Waals surface area contributed by atoms with Gasteiger partial charge in [0.1, 0.15) is 48.9 Å². The Morgan fingerprint density at radius 1 is 0.581 bits per heavy atom. The fourth-order valence-electron chi connectivity index (χ4n) is 11.6. The molecular weight excluding hydrogens is 1420 g/mol. The summed E-state index contributed by atoms with van der Waals surface area (Å²) in [7, 11) is 0. The number of carbonyl (C=O) groups excluding carboxylic acids is 1. The fraction of sp³-hybridized carbons (Fsp3) is 0.574. The summed E-state index contributed by atoms with van der Waals surface area (Å²) in [6, 6.07) is 1.17. The minimum absolute atomic E-state index is 0.0839. The number of fused-ring (bicyclic) bond motifs is 5. The third kappa shape index (κ3) is 17.8. The van der Waals surface area contributed by atoms with E-state index < -0.39 is 171 Å². The number of nitrogens with two attached hydrogens (primary N) is 1. The van der Waals surface area contributed by atoms with Crippen molar-refractivity contribution in [2.24, 2.45) is 15.3 Å². The van der Waals surface area contributed by atoms with Gasteiger partial charge in [-0.1, -0.05) is 5.21 Å². The van der Waals surface area contributed by atoms with Crippen LogP contribution < -0.4 is 72.0 Å². The van der Waals surface area contributed by atoms with E-state index in [1.54, 1.807) is 4.98 Å². The van der Waals surface area contributed by atoms with E-state index in [1.807, 2.05) is 9.97 Å². The molecule has 51 heteroatoms. The van der Waals surface area contributed by atoms with Crippen molar-refractivity contribution in [1.29, 1.82) is 5.53 Å². The summed E-state index contributed by atoms with van der Waals surface area (Å²) in [6.07, 6.45) is -7.54. The molecule has 20 N–H and O–H groups in total. The second-order valence-electron chi connectivity index (χ2n) is 23.7. The van der Waals surface area contributed by atoms with Crippen LogP contribution in [0.1, 0.15) is 81.5 Å². The first-order valence-electron chi connectivity index (χ1n) is 31.3. The van der Waals surface area contributed by atoms with E-state index in [9.17, 15) is 93.5 Å². The van der Waals surface area contributed by atoms with Crippen molar-refractivity contribution in [3.05, 3.63) is 151 Å². The molecule has 572 valence electrons. The number of aromatic nitrogens is 13. The van der Waals surface area contributed by atoms with E-state index in [2.05, 4.69) is 40.9 Å². The number of nitro groups is 1. The van der Waals surface area contributed by atoms with Gasteiger partial charge in [-0.15, -0.1) is 15.3 Å². The highest BCUT2D eigenvalue weighted by atomic mass is 16.6. The number of hydrogen-bond donors (Lipinski definition) is 19. The summed E-state index contributed by atoms with van der Waals surface area (Å²) in [4.78, 5) is 144. The van der Waals surface area contributed by atoms with Gasteiger partial charge in [0.15, 0.2) is 49.0 Å². The average molecular weight is 1500 g/mol. The Morgan fingerprint density at radius 3 is 1.56 bits per heavy atom. The number of nitrogen functional groups attached to an aromatic ring is 1. The molecular formula is C54H70N20O31. The zero-order valence-electron chi connectivity index (χ0n) is 54.1. The van der Waals surface area contributed by atoms with E-state index in [1.165, 1.54) is 23.1 Å². The highest BCUT2D eigenvalue weighted by molar-refractivity contribution is 5.67. The topological polar surface area (TPSA) is 751 Å². The lowest BCUT2D eigenvalue weighted by molar-refractivity contribution is -0.387. The Hall–Kier alpha value is -10.5. The molecule has 8 aliphatic heterocycles. The first-order chi connectivity index (χ1) is 50.0. The molecule has 6 aromatic rings. The lowest BCUT2D eigenvalue weighted by Crippen LogP contribution is -2.36. The number of aromatic amines is 5. The van der Waals surface area contributed by atoms with Crippen molar-refractivity contribution in [2.75, 3.05) is 50.7 Å². The summed E-state index contributed by atoms with van der Waals surface area (Å²) < 4.78 is 43.4.